The second-order valence-electron chi connectivity index (χ2n) is 4.96. The van der Waals surface area contributed by atoms with Crippen LogP contribution in [0.15, 0.2) is 42.5 Å². The summed E-state index contributed by atoms with van der Waals surface area (Å²) in [5.41, 5.74) is 0.528. The Hall–Kier alpha value is -1.95. The van der Waals surface area contributed by atoms with E-state index >= 15 is 0 Å². The highest BCUT2D eigenvalue weighted by atomic mass is 32.1. The first-order valence-electron chi connectivity index (χ1n) is 6.55. The molecule has 0 fully saturated rings. The van der Waals surface area contributed by atoms with Gasteiger partial charge >= 0.3 is 5.97 Å². The van der Waals surface area contributed by atoms with Gasteiger partial charge in [0.15, 0.2) is 0 Å². The van der Waals surface area contributed by atoms with Crippen LogP contribution in [0.3, 0.4) is 0 Å². The van der Waals surface area contributed by atoms with Gasteiger partial charge in [0, 0.05) is 20.2 Å². The van der Waals surface area contributed by atoms with Crippen LogP contribution in [-0.2, 0) is 4.79 Å². The van der Waals surface area contributed by atoms with Crippen molar-refractivity contribution in [3.63, 3.8) is 0 Å². The van der Waals surface area contributed by atoms with Crippen molar-refractivity contribution in [2.45, 2.75) is 18.6 Å². The van der Waals surface area contributed by atoms with Crippen LogP contribution < -0.4 is 0 Å². The molecule has 0 radical (unpaired) electrons. The Morgan fingerprint density at radius 1 is 1.05 bits per heavy atom. The summed E-state index contributed by atoms with van der Waals surface area (Å²) >= 11 is 1.66. The Morgan fingerprint density at radius 3 is 2.52 bits per heavy atom. The van der Waals surface area contributed by atoms with Gasteiger partial charge in [-0.05, 0) is 23.8 Å². The number of hydrogen-bond acceptors (Lipinski definition) is 4. The Bertz CT molecular complexity index is 808. The van der Waals surface area contributed by atoms with Crippen LogP contribution in [0.2, 0.25) is 0 Å². The van der Waals surface area contributed by atoms with Gasteiger partial charge in [-0.15, -0.1) is 11.3 Å². The summed E-state index contributed by atoms with van der Waals surface area (Å²) in [5.74, 6) is -1.14. The number of hydrogen-bond donors (Lipinski definition) is 3. The van der Waals surface area contributed by atoms with Gasteiger partial charge in [-0.25, -0.2) is 0 Å². The quantitative estimate of drug-likeness (QED) is 0.692. The number of thiophene rings is 1. The maximum absolute atomic E-state index is 10.6. The molecule has 3 N–H and O–H groups in total. The molecular formula is C16H14O4S. The topological polar surface area (TPSA) is 77.8 Å². The summed E-state index contributed by atoms with van der Waals surface area (Å²) < 4.78 is 2.25. The van der Waals surface area contributed by atoms with Crippen LogP contribution in [0.25, 0.3) is 20.2 Å². The molecular weight excluding hydrogens is 288 g/mol. The molecule has 0 aliphatic rings. The van der Waals surface area contributed by atoms with E-state index in [2.05, 4.69) is 0 Å². The second kappa shape index (κ2) is 5.44. The summed E-state index contributed by atoms with van der Waals surface area (Å²) in [6.45, 7) is 0. The van der Waals surface area contributed by atoms with Gasteiger partial charge in [-0.2, -0.15) is 0 Å². The van der Waals surface area contributed by atoms with Gasteiger partial charge in [-0.3, -0.25) is 4.79 Å². The van der Waals surface area contributed by atoms with Crippen molar-refractivity contribution in [3.8, 4) is 0 Å². The van der Waals surface area contributed by atoms with E-state index in [1.54, 1.807) is 17.4 Å². The van der Waals surface area contributed by atoms with E-state index in [-0.39, 0.29) is 0 Å². The first-order chi connectivity index (χ1) is 10.1. The maximum atomic E-state index is 10.6. The van der Waals surface area contributed by atoms with E-state index in [0.717, 1.165) is 20.2 Å². The molecule has 2 aromatic carbocycles. The number of carboxylic acids is 1. The number of fused-ring (bicyclic) bond motifs is 3. The zero-order valence-electron chi connectivity index (χ0n) is 11.1. The Kier molecular flexibility index (Phi) is 3.63. The molecule has 2 unspecified atom stereocenters. The number of carbonyl (C=O) groups is 1. The van der Waals surface area contributed by atoms with E-state index in [1.807, 2.05) is 36.4 Å². The molecule has 1 heterocycles. The average Bonchev–Trinajstić information content (AvgIpc) is 2.83. The van der Waals surface area contributed by atoms with Gasteiger partial charge in [-0.1, -0.05) is 24.3 Å². The Morgan fingerprint density at radius 2 is 1.76 bits per heavy atom. The number of aliphatic hydroxyl groups is 2. The molecule has 2 atom stereocenters. The lowest BCUT2D eigenvalue weighted by atomic mass is 10.00. The monoisotopic (exact) mass is 302 g/mol. The Balaban J connectivity index is 2.03. The van der Waals surface area contributed by atoms with E-state index in [4.69, 9.17) is 5.11 Å². The molecule has 0 saturated heterocycles. The first kappa shape index (κ1) is 14.0. The summed E-state index contributed by atoms with van der Waals surface area (Å²) in [6.07, 6.45) is -3.00. The molecule has 0 saturated carbocycles. The van der Waals surface area contributed by atoms with Crippen molar-refractivity contribution >= 4 is 37.5 Å². The molecule has 0 aliphatic carbocycles. The van der Waals surface area contributed by atoms with Crippen molar-refractivity contribution in [3.05, 3.63) is 48.0 Å². The minimum atomic E-state index is -1.31. The highest BCUT2D eigenvalue weighted by Gasteiger charge is 2.21. The van der Waals surface area contributed by atoms with Crippen LogP contribution >= 0.6 is 11.3 Å². The zero-order valence-corrected chi connectivity index (χ0v) is 11.9. The molecule has 0 bridgehead atoms. The minimum Gasteiger partial charge on any atom is -0.481 e. The lowest BCUT2D eigenvalue weighted by molar-refractivity contribution is -0.141. The van der Waals surface area contributed by atoms with E-state index < -0.39 is 24.6 Å². The van der Waals surface area contributed by atoms with Gasteiger partial charge in [0.1, 0.15) is 6.10 Å². The molecule has 108 valence electrons. The van der Waals surface area contributed by atoms with Gasteiger partial charge in [0.25, 0.3) is 0 Å². The summed E-state index contributed by atoms with van der Waals surface area (Å²) in [6, 6.07) is 13.4. The highest BCUT2D eigenvalue weighted by molar-refractivity contribution is 7.25. The van der Waals surface area contributed by atoms with Crippen molar-refractivity contribution in [1.82, 2.24) is 0 Å². The normalized spacial score (nSPS) is 14.4. The third-order valence-electron chi connectivity index (χ3n) is 3.49. The van der Waals surface area contributed by atoms with Crippen molar-refractivity contribution < 1.29 is 20.1 Å². The standard InChI is InChI=1S/C16H14O4S/c17-12(8-15(18)19)16(20)9-5-6-14-11(7-9)10-3-1-2-4-13(10)21-14/h1-7,12,16-17,20H,8H2,(H,18,19). The number of aliphatic hydroxyl groups excluding tert-OH is 2. The average molecular weight is 302 g/mol. The van der Waals surface area contributed by atoms with E-state index in [1.165, 1.54) is 0 Å². The summed E-state index contributed by atoms with van der Waals surface area (Å²) in [7, 11) is 0. The van der Waals surface area contributed by atoms with E-state index in [0.29, 0.717) is 5.56 Å². The van der Waals surface area contributed by atoms with E-state index in [9.17, 15) is 15.0 Å². The molecule has 0 amide bonds. The molecule has 4 nitrogen and oxygen atoms in total. The predicted molar refractivity (Wildman–Crippen MR) is 82.6 cm³/mol. The molecule has 5 heteroatoms. The SMILES string of the molecule is O=C(O)CC(O)C(O)c1ccc2sc3ccccc3c2c1. The number of aliphatic carboxylic acids is 1. The number of rotatable bonds is 4. The maximum Gasteiger partial charge on any atom is 0.306 e. The molecule has 0 spiro atoms. The van der Waals surface area contributed by atoms with Crippen molar-refractivity contribution in [1.29, 1.82) is 0 Å². The highest BCUT2D eigenvalue weighted by Crippen LogP contribution is 2.35. The molecule has 21 heavy (non-hydrogen) atoms. The molecule has 1 aromatic heterocycles. The first-order valence-corrected chi connectivity index (χ1v) is 7.37. The molecule has 3 aromatic rings. The zero-order chi connectivity index (χ0) is 15.0. The lowest BCUT2D eigenvalue weighted by Gasteiger charge is -2.16. The molecule has 3 rings (SSSR count). The fourth-order valence-electron chi connectivity index (χ4n) is 2.44. The third kappa shape index (κ3) is 2.63. The van der Waals surface area contributed by atoms with Crippen LogP contribution in [0, 0.1) is 0 Å². The van der Waals surface area contributed by atoms with Crippen molar-refractivity contribution in [2.75, 3.05) is 0 Å². The van der Waals surface area contributed by atoms with Gasteiger partial charge in [0.2, 0.25) is 0 Å². The lowest BCUT2D eigenvalue weighted by Crippen LogP contribution is -2.21. The fourth-order valence-corrected chi connectivity index (χ4v) is 3.53. The summed E-state index contributed by atoms with van der Waals surface area (Å²) in [4.78, 5) is 10.6. The third-order valence-corrected chi connectivity index (χ3v) is 4.64. The fraction of sp³-hybridized carbons (Fsp3) is 0.188. The minimum absolute atomic E-state index is 0.483. The largest absolute Gasteiger partial charge is 0.481 e. The predicted octanol–water partition coefficient (Wildman–Crippen LogP) is 2.92. The van der Waals surface area contributed by atoms with Crippen LogP contribution in [0.1, 0.15) is 18.1 Å². The van der Waals surface area contributed by atoms with Crippen LogP contribution in [0.5, 0.6) is 0 Å². The van der Waals surface area contributed by atoms with Crippen LogP contribution in [0.4, 0.5) is 0 Å². The number of benzene rings is 2. The smallest absolute Gasteiger partial charge is 0.306 e. The second-order valence-corrected chi connectivity index (χ2v) is 6.05. The van der Waals surface area contributed by atoms with Gasteiger partial charge < -0.3 is 15.3 Å². The van der Waals surface area contributed by atoms with Crippen LogP contribution in [-0.4, -0.2) is 27.4 Å². The van der Waals surface area contributed by atoms with Gasteiger partial charge in [0.05, 0.1) is 12.5 Å². The number of carboxylic acid groups (broad SMARTS) is 1. The molecule has 0 aliphatic heterocycles. The Labute approximate surface area is 124 Å². The summed E-state index contributed by atoms with van der Waals surface area (Å²) in [5, 5.41) is 30.6. The van der Waals surface area contributed by atoms with Crippen molar-refractivity contribution in [2.24, 2.45) is 0 Å².